The summed E-state index contributed by atoms with van der Waals surface area (Å²) in [5, 5.41) is 18.8. The summed E-state index contributed by atoms with van der Waals surface area (Å²) in [6.45, 7) is 0. The number of phenolic OH excluding ortho intramolecular Hbond substituents is 1. The standard InChI is InChI=1S/C18H17BrO4/c19-15-11-13(7-9-17(21)22)10-14(18(15)23)16(20)8-6-12-4-2-1-3-5-12/h1-5,10-11,23H,6-9H2,(H,21,22). The third kappa shape index (κ3) is 4.93. The minimum atomic E-state index is -0.897. The van der Waals surface area contributed by atoms with E-state index < -0.39 is 5.97 Å². The fourth-order valence-electron chi connectivity index (χ4n) is 2.30. The van der Waals surface area contributed by atoms with Gasteiger partial charge in [0.05, 0.1) is 10.0 Å². The van der Waals surface area contributed by atoms with Crippen molar-refractivity contribution in [3.05, 3.63) is 63.6 Å². The Kier molecular flexibility index (Phi) is 5.93. The summed E-state index contributed by atoms with van der Waals surface area (Å²) >= 11 is 3.22. The number of benzene rings is 2. The second-order valence-electron chi connectivity index (χ2n) is 5.28. The number of rotatable bonds is 7. The van der Waals surface area contributed by atoms with Crippen LogP contribution in [0.4, 0.5) is 0 Å². The van der Waals surface area contributed by atoms with Gasteiger partial charge < -0.3 is 10.2 Å². The maximum atomic E-state index is 12.4. The highest BCUT2D eigenvalue weighted by atomic mass is 79.9. The van der Waals surface area contributed by atoms with Gasteiger partial charge in [-0.3, -0.25) is 9.59 Å². The Balaban J connectivity index is 2.13. The van der Waals surface area contributed by atoms with Gasteiger partial charge in [-0.25, -0.2) is 0 Å². The second kappa shape index (κ2) is 7.92. The molecule has 0 unspecified atom stereocenters. The van der Waals surface area contributed by atoms with E-state index in [1.807, 2.05) is 30.3 Å². The molecule has 0 spiro atoms. The van der Waals surface area contributed by atoms with Crippen LogP contribution in [0.2, 0.25) is 0 Å². The molecule has 2 rings (SSSR count). The number of carbonyl (C=O) groups excluding carboxylic acids is 1. The van der Waals surface area contributed by atoms with Crippen molar-refractivity contribution < 1.29 is 19.8 Å². The van der Waals surface area contributed by atoms with Gasteiger partial charge in [-0.05, 0) is 52.0 Å². The molecule has 4 nitrogen and oxygen atoms in total. The van der Waals surface area contributed by atoms with Crippen molar-refractivity contribution in [3.8, 4) is 5.75 Å². The summed E-state index contributed by atoms with van der Waals surface area (Å²) in [6.07, 6.45) is 1.17. The Labute approximate surface area is 142 Å². The number of carboxylic acids is 1. The van der Waals surface area contributed by atoms with Crippen molar-refractivity contribution in [3.63, 3.8) is 0 Å². The quantitative estimate of drug-likeness (QED) is 0.716. The molecule has 2 aromatic carbocycles. The highest BCUT2D eigenvalue weighted by Crippen LogP contribution is 2.31. The van der Waals surface area contributed by atoms with Gasteiger partial charge in [0, 0.05) is 12.8 Å². The number of halogens is 1. The average molecular weight is 377 g/mol. The fourth-order valence-corrected chi connectivity index (χ4v) is 2.81. The topological polar surface area (TPSA) is 74.6 Å². The number of carbonyl (C=O) groups is 2. The van der Waals surface area contributed by atoms with Gasteiger partial charge in [-0.2, -0.15) is 0 Å². The number of hydrogen-bond donors (Lipinski definition) is 2. The Morgan fingerprint density at radius 2 is 1.61 bits per heavy atom. The molecule has 0 aliphatic heterocycles. The third-order valence-electron chi connectivity index (χ3n) is 3.53. The molecule has 0 amide bonds. The third-order valence-corrected chi connectivity index (χ3v) is 4.14. The highest BCUT2D eigenvalue weighted by Gasteiger charge is 2.16. The Hall–Kier alpha value is -2.14. The number of Topliss-reactive ketones (excluding diaryl/α,β-unsaturated/α-hetero) is 1. The molecule has 0 aliphatic carbocycles. The number of ketones is 1. The van der Waals surface area contributed by atoms with Crippen molar-refractivity contribution >= 4 is 27.7 Å². The van der Waals surface area contributed by atoms with Gasteiger partial charge in [-0.1, -0.05) is 30.3 Å². The molecule has 0 aliphatic rings. The Morgan fingerprint density at radius 3 is 2.26 bits per heavy atom. The maximum Gasteiger partial charge on any atom is 0.303 e. The van der Waals surface area contributed by atoms with Crippen LogP contribution < -0.4 is 0 Å². The largest absolute Gasteiger partial charge is 0.506 e. The molecule has 0 saturated heterocycles. The fraction of sp³-hybridized carbons (Fsp3) is 0.222. The number of hydrogen-bond acceptors (Lipinski definition) is 3. The van der Waals surface area contributed by atoms with E-state index in [4.69, 9.17) is 5.11 Å². The molecular formula is C18H17BrO4. The van der Waals surface area contributed by atoms with Crippen LogP contribution in [0.3, 0.4) is 0 Å². The van der Waals surface area contributed by atoms with Gasteiger partial charge >= 0.3 is 5.97 Å². The number of aromatic hydroxyl groups is 1. The monoisotopic (exact) mass is 376 g/mol. The number of carboxylic acid groups (broad SMARTS) is 1. The molecule has 2 aromatic rings. The first kappa shape index (κ1) is 17.2. The van der Waals surface area contributed by atoms with Gasteiger partial charge in [0.25, 0.3) is 0 Å². The summed E-state index contributed by atoms with van der Waals surface area (Å²) in [4.78, 5) is 23.1. The molecule has 2 N–H and O–H groups in total. The zero-order valence-corrected chi connectivity index (χ0v) is 14.0. The molecule has 0 fully saturated rings. The smallest absolute Gasteiger partial charge is 0.303 e. The zero-order valence-electron chi connectivity index (χ0n) is 12.5. The normalized spacial score (nSPS) is 10.5. The highest BCUT2D eigenvalue weighted by molar-refractivity contribution is 9.10. The minimum absolute atomic E-state index is 0.0190. The molecule has 5 heteroatoms. The molecule has 23 heavy (non-hydrogen) atoms. The summed E-state index contributed by atoms with van der Waals surface area (Å²) < 4.78 is 0.406. The van der Waals surface area contributed by atoms with Gasteiger partial charge in [0.2, 0.25) is 0 Å². The predicted molar refractivity (Wildman–Crippen MR) is 90.9 cm³/mol. The molecule has 0 saturated carbocycles. The van der Waals surface area contributed by atoms with Crippen LogP contribution in [0, 0.1) is 0 Å². The van der Waals surface area contributed by atoms with E-state index in [1.54, 1.807) is 12.1 Å². The van der Waals surface area contributed by atoms with Crippen LogP contribution in [-0.2, 0) is 17.6 Å². The summed E-state index contributed by atoms with van der Waals surface area (Å²) in [6, 6.07) is 12.9. The average Bonchev–Trinajstić information content (AvgIpc) is 2.54. The van der Waals surface area contributed by atoms with E-state index in [1.165, 1.54) is 0 Å². The van der Waals surface area contributed by atoms with Crippen molar-refractivity contribution in [1.29, 1.82) is 0 Å². The Morgan fingerprint density at radius 1 is 0.957 bits per heavy atom. The zero-order chi connectivity index (χ0) is 16.8. The predicted octanol–water partition coefficient (Wildman–Crippen LogP) is 3.99. The van der Waals surface area contributed by atoms with Crippen LogP contribution in [0.1, 0.15) is 34.3 Å². The van der Waals surface area contributed by atoms with E-state index in [0.29, 0.717) is 22.9 Å². The van der Waals surface area contributed by atoms with Gasteiger partial charge in [0.1, 0.15) is 5.75 Å². The van der Waals surface area contributed by atoms with Crippen molar-refractivity contribution in [2.24, 2.45) is 0 Å². The number of phenols is 1. The van der Waals surface area contributed by atoms with Crippen LogP contribution >= 0.6 is 15.9 Å². The first-order valence-electron chi connectivity index (χ1n) is 7.27. The maximum absolute atomic E-state index is 12.4. The molecule has 0 aromatic heterocycles. The van der Waals surface area contributed by atoms with Crippen molar-refractivity contribution in [2.75, 3.05) is 0 Å². The van der Waals surface area contributed by atoms with E-state index in [9.17, 15) is 14.7 Å². The van der Waals surface area contributed by atoms with E-state index in [-0.39, 0.29) is 29.9 Å². The number of aliphatic carboxylic acids is 1. The van der Waals surface area contributed by atoms with E-state index in [0.717, 1.165) is 5.56 Å². The minimum Gasteiger partial charge on any atom is -0.506 e. The summed E-state index contributed by atoms with van der Waals surface area (Å²) in [5.41, 5.74) is 2.00. The van der Waals surface area contributed by atoms with Crippen molar-refractivity contribution in [1.82, 2.24) is 0 Å². The van der Waals surface area contributed by atoms with Crippen LogP contribution in [0.5, 0.6) is 5.75 Å². The van der Waals surface area contributed by atoms with Gasteiger partial charge in [-0.15, -0.1) is 0 Å². The number of aryl methyl sites for hydroxylation is 2. The molecule has 0 heterocycles. The van der Waals surface area contributed by atoms with E-state index in [2.05, 4.69) is 15.9 Å². The van der Waals surface area contributed by atoms with Gasteiger partial charge in [0.15, 0.2) is 5.78 Å². The van der Waals surface area contributed by atoms with Crippen molar-refractivity contribution in [2.45, 2.75) is 25.7 Å². The lowest BCUT2D eigenvalue weighted by atomic mass is 9.99. The summed E-state index contributed by atoms with van der Waals surface area (Å²) in [7, 11) is 0. The molecule has 120 valence electrons. The van der Waals surface area contributed by atoms with Crippen LogP contribution in [0.25, 0.3) is 0 Å². The van der Waals surface area contributed by atoms with Crippen LogP contribution in [0.15, 0.2) is 46.9 Å². The molecule has 0 radical (unpaired) electrons. The lowest BCUT2D eigenvalue weighted by molar-refractivity contribution is -0.136. The summed E-state index contributed by atoms with van der Waals surface area (Å²) in [5.74, 6) is -1.16. The SMILES string of the molecule is O=C(O)CCc1cc(Br)c(O)c(C(=O)CCc2ccccc2)c1. The second-order valence-corrected chi connectivity index (χ2v) is 6.13. The Bertz CT molecular complexity index is 710. The lowest BCUT2D eigenvalue weighted by Gasteiger charge is -2.09. The molecule has 0 atom stereocenters. The lowest BCUT2D eigenvalue weighted by Crippen LogP contribution is -2.04. The van der Waals surface area contributed by atoms with Crippen LogP contribution in [-0.4, -0.2) is 22.0 Å². The first-order chi connectivity index (χ1) is 11.0. The molecular weight excluding hydrogens is 360 g/mol. The molecule has 0 bridgehead atoms. The van der Waals surface area contributed by atoms with E-state index >= 15 is 0 Å². The first-order valence-corrected chi connectivity index (χ1v) is 8.07.